The summed E-state index contributed by atoms with van der Waals surface area (Å²) in [6.07, 6.45) is 1.36. The number of aliphatic hydroxyl groups excluding tert-OH is 1. The number of hydrazine groups is 1. The second kappa shape index (κ2) is 4.22. The van der Waals surface area contributed by atoms with E-state index in [1.165, 1.54) is 5.01 Å². The van der Waals surface area contributed by atoms with Crippen molar-refractivity contribution in [3.8, 4) is 0 Å². The standard InChI is InChI=1S/C10H18N2O4S/c1-11-10(2-6-17(15,16)7-3-10)8-9(14)12(11)4-5-13/h13H,2-8H2,1H3. The first-order valence-electron chi connectivity index (χ1n) is 5.76. The van der Waals surface area contributed by atoms with Gasteiger partial charge in [-0.2, -0.15) is 0 Å². The van der Waals surface area contributed by atoms with Crippen molar-refractivity contribution < 1.29 is 18.3 Å². The zero-order valence-electron chi connectivity index (χ0n) is 9.92. The smallest absolute Gasteiger partial charge is 0.238 e. The van der Waals surface area contributed by atoms with Crippen LogP contribution in [0.5, 0.6) is 0 Å². The first kappa shape index (κ1) is 12.8. The number of rotatable bonds is 2. The molecule has 0 aromatic carbocycles. The van der Waals surface area contributed by atoms with Crippen LogP contribution in [0.4, 0.5) is 0 Å². The van der Waals surface area contributed by atoms with Gasteiger partial charge >= 0.3 is 0 Å². The topological polar surface area (TPSA) is 77.9 Å². The summed E-state index contributed by atoms with van der Waals surface area (Å²) in [6, 6.07) is 0. The third-order valence-corrected chi connectivity index (χ3v) is 5.54. The number of nitrogens with zero attached hydrogens (tertiary/aromatic N) is 2. The number of β-amino-alcohol motifs (C(OH)–C–C–N with tert-alkyl or cyclic N) is 1. The first-order chi connectivity index (χ1) is 7.90. The van der Waals surface area contributed by atoms with E-state index in [0.29, 0.717) is 19.3 Å². The lowest BCUT2D eigenvalue weighted by Crippen LogP contribution is -2.52. The van der Waals surface area contributed by atoms with Gasteiger partial charge in [-0.15, -0.1) is 0 Å². The molecule has 2 fully saturated rings. The molecule has 0 aliphatic carbocycles. The molecule has 0 bridgehead atoms. The average Bonchev–Trinajstić information content (AvgIpc) is 2.49. The van der Waals surface area contributed by atoms with Gasteiger partial charge in [-0.05, 0) is 12.8 Å². The molecule has 7 heteroatoms. The van der Waals surface area contributed by atoms with Crippen LogP contribution in [0.15, 0.2) is 0 Å². The van der Waals surface area contributed by atoms with E-state index in [-0.39, 0.29) is 36.1 Å². The molecule has 0 aromatic rings. The highest BCUT2D eigenvalue weighted by molar-refractivity contribution is 7.91. The van der Waals surface area contributed by atoms with Crippen LogP contribution in [-0.2, 0) is 14.6 Å². The molecule has 98 valence electrons. The summed E-state index contributed by atoms with van der Waals surface area (Å²) in [5, 5.41) is 12.3. The Labute approximate surface area is 101 Å². The average molecular weight is 262 g/mol. The monoisotopic (exact) mass is 262 g/mol. The minimum Gasteiger partial charge on any atom is -0.394 e. The van der Waals surface area contributed by atoms with Gasteiger partial charge in [-0.3, -0.25) is 9.80 Å². The minimum absolute atomic E-state index is 0.0270. The first-order valence-corrected chi connectivity index (χ1v) is 7.58. The van der Waals surface area contributed by atoms with Gasteiger partial charge in [-0.1, -0.05) is 0 Å². The molecule has 2 aliphatic heterocycles. The van der Waals surface area contributed by atoms with Crippen molar-refractivity contribution in [2.45, 2.75) is 24.8 Å². The van der Waals surface area contributed by atoms with Crippen molar-refractivity contribution in [2.24, 2.45) is 0 Å². The van der Waals surface area contributed by atoms with Crippen LogP contribution in [0.1, 0.15) is 19.3 Å². The summed E-state index contributed by atoms with van der Waals surface area (Å²) in [6.45, 7) is 0.203. The molecular formula is C10H18N2O4S. The molecule has 2 heterocycles. The van der Waals surface area contributed by atoms with E-state index in [2.05, 4.69) is 0 Å². The zero-order chi connectivity index (χ0) is 12.7. The van der Waals surface area contributed by atoms with Crippen LogP contribution < -0.4 is 0 Å². The minimum atomic E-state index is -2.92. The molecule has 1 amide bonds. The van der Waals surface area contributed by atoms with E-state index in [0.717, 1.165) is 0 Å². The molecule has 2 aliphatic rings. The summed E-state index contributed by atoms with van der Waals surface area (Å²) in [7, 11) is -1.12. The maximum absolute atomic E-state index is 11.8. The summed E-state index contributed by atoms with van der Waals surface area (Å²) in [4.78, 5) is 11.8. The SMILES string of the molecule is CN1N(CCO)C(=O)CC12CCS(=O)(=O)CC2. The van der Waals surface area contributed by atoms with Gasteiger partial charge in [0.1, 0.15) is 9.84 Å². The van der Waals surface area contributed by atoms with E-state index < -0.39 is 9.84 Å². The molecule has 1 N–H and O–H groups in total. The maximum Gasteiger partial charge on any atom is 0.238 e. The Morgan fingerprint density at radius 3 is 2.47 bits per heavy atom. The summed E-state index contributed by atoms with van der Waals surface area (Å²) in [5.74, 6) is 0.274. The summed E-state index contributed by atoms with van der Waals surface area (Å²) < 4.78 is 22.9. The van der Waals surface area contributed by atoms with E-state index in [1.807, 2.05) is 5.01 Å². The molecule has 0 radical (unpaired) electrons. The predicted molar refractivity (Wildman–Crippen MR) is 61.8 cm³/mol. The van der Waals surface area contributed by atoms with E-state index >= 15 is 0 Å². The van der Waals surface area contributed by atoms with Gasteiger partial charge in [0.05, 0.1) is 30.2 Å². The zero-order valence-corrected chi connectivity index (χ0v) is 10.7. The molecular weight excluding hydrogens is 244 g/mol. The van der Waals surface area contributed by atoms with Gasteiger partial charge in [0.15, 0.2) is 0 Å². The molecule has 1 spiro atoms. The Kier molecular flexibility index (Phi) is 3.17. The number of hydrogen-bond acceptors (Lipinski definition) is 5. The fourth-order valence-corrected chi connectivity index (χ4v) is 4.28. The highest BCUT2D eigenvalue weighted by Gasteiger charge is 2.50. The fraction of sp³-hybridized carbons (Fsp3) is 0.900. The van der Waals surface area contributed by atoms with Gasteiger partial charge in [0.25, 0.3) is 0 Å². The Morgan fingerprint density at radius 2 is 1.94 bits per heavy atom. The molecule has 2 saturated heterocycles. The Morgan fingerprint density at radius 1 is 1.35 bits per heavy atom. The summed E-state index contributed by atoms with van der Waals surface area (Å²) in [5.41, 5.74) is -0.350. The quantitative estimate of drug-likeness (QED) is 0.691. The summed E-state index contributed by atoms with van der Waals surface area (Å²) >= 11 is 0. The lowest BCUT2D eigenvalue weighted by Gasteiger charge is -2.40. The van der Waals surface area contributed by atoms with Crippen molar-refractivity contribution in [1.82, 2.24) is 10.0 Å². The molecule has 0 saturated carbocycles. The lowest BCUT2D eigenvalue weighted by molar-refractivity contribution is -0.139. The molecule has 2 rings (SSSR count). The van der Waals surface area contributed by atoms with Crippen LogP contribution in [-0.4, -0.2) is 66.7 Å². The third-order valence-electron chi connectivity index (χ3n) is 3.89. The van der Waals surface area contributed by atoms with Gasteiger partial charge in [0, 0.05) is 13.5 Å². The number of carbonyl (C=O) groups excluding carboxylic acids is 1. The number of hydrogen-bond donors (Lipinski definition) is 1. The Hall–Kier alpha value is -0.660. The van der Waals surface area contributed by atoms with Crippen molar-refractivity contribution in [3.05, 3.63) is 0 Å². The molecule has 0 atom stereocenters. The van der Waals surface area contributed by atoms with E-state index in [9.17, 15) is 13.2 Å². The number of amides is 1. The van der Waals surface area contributed by atoms with Gasteiger partial charge < -0.3 is 5.11 Å². The van der Waals surface area contributed by atoms with Gasteiger partial charge in [-0.25, -0.2) is 13.4 Å². The maximum atomic E-state index is 11.8. The van der Waals surface area contributed by atoms with Crippen LogP contribution in [0.25, 0.3) is 0 Å². The molecule has 0 aromatic heterocycles. The fourth-order valence-electron chi connectivity index (χ4n) is 2.70. The van der Waals surface area contributed by atoms with E-state index in [1.54, 1.807) is 7.05 Å². The normalized spacial score (nSPS) is 27.9. The molecule has 6 nitrogen and oxygen atoms in total. The highest BCUT2D eigenvalue weighted by atomic mass is 32.2. The Balaban J connectivity index is 2.16. The third kappa shape index (κ3) is 2.19. The highest BCUT2D eigenvalue weighted by Crippen LogP contribution is 2.38. The molecule has 0 unspecified atom stereocenters. The van der Waals surface area contributed by atoms with Crippen molar-refractivity contribution in [1.29, 1.82) is 0 Å². The van der Waals surface area contributed by atoms with Gasteiger partial charge in [0.2, 0.25) is 5.91 Å². The second-order valence-electron chi connectivity index (χ2n) is 4.82. The van der Waals surface area contributed by atoms with Crippen LogP contribution in [0.2, 0.25) is 0 Å². The predicted octanol–water partition coefficient (Wildman–Crippen LogP) is -0.995. The number of aliphatic hydroxyl groups is 1. The van der Waals surface area contributed by atoms with Crippen LogP contribution in [0, 0.1) is 0 Å². The van der Waals surface area contributed by atoms with Crippen molar-refractivity contribution in [2.75, 3.05) is 31.7 Å². The van der Waals surface area contributed by atoms with Crippen LogP contribution >= 0.6 is 0 Å². The van der Waals surface area contributed by atoms with Crippen molar-refractivity contribution in [3.63, 3.8) is 0 Å². The largest absolute Gasteiger partial charge is 0.394 e. The van der Waals surface area contributed by atoms with E-state index in [4.69, 9.17) is 5.11 Å². The van der Waals surface area contributed by atoms with Crippen LogP contribution in [0.3, 0.4) is 0 Å². The lowest BCUT2D eigenvalue weighted by atomic mass is 9.89. The number of sulfone groups is 1. The van der Waals surface area contributed by atoms with Crippen molar-refractivity contribution >= 4 is 15.7 Å². The Bertz CT molecular complexity index is 406. The molecule has 17 heavy (non-hydrogen) atoms. The second-order valence-corrected chi connectivity index (χ2v) is 7.12. The number of carbonyl (C=O) groups is 1.